The average Bonchev–Trinajstić information content (AvgIpc) is 2.66. The van der Waals surface area contributed by atoms with Gasteiger partial charge in [0.2, 0.25) is 10.0 Å². The van der Waals surface area contributed by atoms with Crippen LogP contribution in [0.2, 0.25) is 0 Å². The Morgan fingerprint density at radius 2 is 2.05 bits per heavy atom. The number of nitrogens with one attached hydrogen (secondary N) is 1. The van der Waals surface area contributed by atoms with Gasteiger partial charge in [-0.25, -0.2) is 13.1 Å². The van der Waals surface area contributed by atoms with Crippen LogP contribution in [-0.4, -0.2) is 26.2 Å². The van der Waals surface area contributed by atoms with Crippen LogP contribution in [-0.2, 0) is 16.6 Å². The third-order valence-electron chi connectivity index (χ3n) is 2.08. The Bertz CT molecular complexity index is 527. The predicted octanol–water partition coefficient (Wildman–Crippen LogP) is 2.62. The van der Waals surface area contributed by atoms with Gasteiger partial charge < -0.3 is 5.11 Å². The predicted molar refractivity (Wildman–Crippen MR) is 68.4 cm³/mol. The molecule has 4 nitrogen and oxygen atoms in total. The Morgan fingerprint density at radius 1 is 1.42 bits per heavy atom. The summed E-state index contributed by atoms with van der Waals surface area (Å²) in [6.45, 7) is -0.592. The average molecular weight is 382 g/mol. The number of aliphatic hydroxyl groups is 1. The summed E-state index contributed by atoms with van der Waals surface area (Å²) in [4.78, 5) is 0.371. The first-order valence-electron chi connectivity index (χ1n) is 5.11. The minimum absolute atomic E-state index is 0.0754. The third kappa shape index (κ3) is 5.38. The molecule has 0 saturated carbocycles. The van der Waals surface area contributed by atoms with Crippen molar-refractivity contribution in [1.82, 2.24) is 4.72 Å². The fourth-order valence-corrected chi connectivity index (χ4v) is 4.85. The van der Waals surface area contributed by atoms with Crippen molar-refractivity contribution in [2.45, 2.75) is 30.5 Å². The van der Waals surface area contributed by atoms with Crippen LogP contribution in [0.15, 0.2) is 14.7 Å². The number of hydrogen-bond acceptors (Lipinski definition) is 4. The molecule has 0 amide bonds. The van der Waals surface area contributed by atoms with E-state index in [2.05, 4.69) is 20.7 Å². The zero-order chi connectivity index (χ0) is 14.7. The number of sulfonamides is 1. The Labute approximate surface area is 120 Å². The van der Waals surface area contributed by atoms with Crippen molar-refractivity contribution in [1.29, 1.82) is 0 Å². The molecule has 0 saturated heterocycles. The zero-order valence-electron chi connectivity index (χ0n) is 9.50. The fraction of sp³-hybridized carbons (Fsp3) is 0.556. The molecule has 19 heavy (non-hydrogen) atoms. The summed E-state index contributed by atoms with van der Waals surface area (Å²) in [6.07, 6.45) is -5.65. The highest BCUT2D eigenvalue weighted by Gasteiger charge is 2.27. The van der Waals surface area contributed by atoms with Crippen LogP contribution in [0, 0.1) is 0 Å². The second-order valence-electron chi connectivity index (χ2n) is 3.63. The Kier molecular flexibility index (Phi) is 5.80. The number of hydrogen-bond donors (Lipinski definition) is 2. The fourth-order valence-electron chi connectivity index (χ4n) is 1.23. The lowest BCUT2D eigenvalue weighted by atomic mass is 10.3. The van der Waals surface area contributed by atoms with Gasteiger partial charge >= 0.3 is 6.18 Å². The molecule has 0 aromatic carbocycles. The third-order valence-corrected chi connectivity index (χ3v) is 5.78. The number of halogens is 4. The Hall–Kier alpha value is -0.160. The van der Waals surface area contributed by atoms with E-state index in [1.807, 2.05) is 0 Å². The van der Waals surface area contributed by atoms with Crippen LogP contribution < -0.4 is 4.72 Å². The summed E-state index contributed by atoms with van der Waals surface area (Å²) < 4.78 is 61.7. The van der Waals surface area contributed by atoms with Gasteiger partial charge in [-0.3, -0.25) is 0 Å². The van der Waals surface area contributed by atoms with Gasteiger partial charge in [0, 0.05) is 17.8 Å². The highest BCUT2D eigenvalue weighted by Crippen LogP contribution is 2.31. The summed E-state index contributed by atoms with van der Waals surface area (Å²) in [6, 6.07) is 1.28. The number of thiophene rings is 1. The maximum Gasteiger partial charge on any atom is 0.389 e. The molecule has 2 N–H and O–H groups in total. The number of alkyl halides is 3. The standard InChI is InChI=1S/C9H11BrF3NO3S2/c10-8-7(4-6(5-15)18-8)19(16,17)14-3-1-2-9(11,12)13/h4,14-15H,1-3,5H2. The van der Waals surface area contributed by atoms with Gasteiger partial charge in [-0.15, -0.1) is 11.3 Å². The van der Waals surface area contributed by atoms with Crippen molar-refractivity contribution in [2.24, 2.45) is 0 Å². The molecule has 1 rings (SSSR count). The topological polar surface area (TPSA) is 66.4 Å². The Morgan fingerprint density at radius 3 is 2.53 bits per heavy atom. The van der Waals surface area contributed by atoms with Gasteiger partial charge in [-0.1, -0.05) is 0 Å². The number of aliphatic hydroxyl groups excluding tert-OH is 1. The van der Waals surface area contributed by atoms with Gasteiger partial charge in [0.15, 0.2) is 0 Å². The summed E-state index contributed by atoms with van der Waals surface area (Å²) >= 11 is 4.09. The van der Waals surface area contributed by atoms with Gasteiger partial charge in [0.25, 0.3) is 0 Å². The van der Waals surface area contributed by atoms with E-state index in [4.69, 9.17) is 5.11 Å². The van der Waals surface area contributed by atoms with E-state index in [1.54, 1.807) is 0 Å². The van der Waals surface area contributed by atoms with E-state index in [-0.39, 0.29) is 24.5 Å². The largest absolute Gasteiger partial charge is 0.391 e. The molecule has 1 aromatic heterocycles. The minimum Gasteiger partial charge on any atom is -0.391 e. The molecule has 0 aliphatic rings. The van der Waals surface area contributed by atoms with Gasteiger partial charge in [-0.2, -0.15) is 13.2 Å². The van der Waals surface area contributed by atoms with Crippen molar-refractivity contribution in [3.05, 3.63) is 14.7 Å². The quantitative estimate of drug-likeness (QED) is 0.744. The second kappa shape index (κ2) is 6.53. The van der Waals surface area contributed by atoms with Crippen molar-refractivity contribution < 1.29 is 26.7 Å². The lowest BCUT2D eigenvalue weighted by Crippen LogP contribution is -2.25. The molecule has 0 unspecified atom stereocenters. The molecule has 0 aliphatic heterocycles. The molecular weight excluding hydrogens is 371 g/mol. The van der Waals surface area contributed by atoms with Crippen LogP contribution in [0.5, 0.6) is 0 Å². The molecule has 1 heterocycles. The first-order valence-corrected chi connectivity index (χ1v) is 8.20. The lowest BCUT2D eigenvalue weighted by Gasteiger charge is -2.07. The molecule has 0 radical (unpaired) electrons. The smallest absolute Gasteiger partial charge is 0.389 e. The van der Waals surface area contributed by atoms with E-state index in [1.165, 1.54) is 6.07 Å². The molecule has 0 bridgehead atoms. The van der Waals surface area contributed by atoms with Crippen LogP contribution in [0.25, 0.3) is 0 Å². The van der Waals surface area contributed by atoms with Crippen molar-refractivity contribution >= 4 is 37.3 Å². The molecule has 1 aromatic rings. The van der Waals surface area contributed by atoms with Crippen LogP contribution in [0.3, 0.4) is 0 Å². The summed E-state index contributed by atoms with van der Waals surface area (Å²) in [5.74, 6) is 0. The minimum atomic E-state index is -4.29. The van der Waals surface area contributed by atoms with Crippen LogP contribution >= 0.6 is 27.3 Å². The van der Waals surface area contributed by atoms with E-state index < -0.39 is 22.6 Å². The van der Waals surface area contributed by atoms with Gasteiger partial charge in [-0.05, 0) is 28.4 Å². The zero-order valence-corrected chi connectivity index (χ0v) is 12.7. The Balaban J connectivity index is 2.63. The molecule has 0 spiro atoms. The maximum absolute atomic E-state index is 11.9. The number of rotatable bonds is 6. The molecule has 10 heteroatoms. The summed E-state index contributed by atoms with van der Waals surface area (Å²) in [7, 11) is -3.86. The molecule has 0 fully saturated rings. The van der Waals surface area contributed by atoms with E-state index >= 15 is 0 Å². The lowest BCUT2D eigenvalue weighted by molar-refractivity contribution is -0.135. The van der Waals surface area contributed by atoms with Gasteiger partial charge in [0.1, 0.15) is 4.90 Å². The van der Waals surface area contributed by atoms with Crippen LogP contribution in [0.1, 0.15) is 17.7 Å². The monoisotopic (exact) mass is 381 g/mol. The second-order valence-corrected chi connectivity index (χ2v) is 7.82. The molecule has 110 valence electrons. The highest BCUT2D eigenvalue weighted by molar-refractivity contribution is 9.11. The summed E-state index contributed by atoms with van der Waals surface area (Å²) in [5.41, 5.74) is 0. The van der Waals surface area contributed by atoms with E-state index in [0.29, 0.717) is 8.66 Å². The van der Waals surface area contributed by atoms with Crippen molar-refractivity contribution in [3.8, 4) is 0 Å². The highest BCUT2D eigenvalue weighted by atomic mass is 79.9. The van der Waals surface area contributed by atoms with Crippen molar-refractivity contribution in [3.63, 3.8) is 0 Å². The molecular formula is C9H11BrF3NO3S2. The van der Waals surface area contributed by atoms with Gasteiger partial charge in [0.05, 0.1) is 10.4 Å². The SMILES string of the molecule is O=S(=O)(NCCCC(F)(F)F)c1cc(CO)sc1Br. The first kappa shape index (κ1) is 16.9. The van der Waals surface area contributed by atoms with Crippen molar-refractivity contribution in [2.75, 3.05) is 6.54 Å². The molecule has 0 atom stereocenters. The molecule has 0 aliphatic carbocycles. The summed E-state index contributed by atoms with van der Waals surface area (Å²) in [5, 5.41) is 8.89. The normalized spacial score (nSPS) is 12.9. The van der Waals surface area contributed by atoms with E-state index in [0.717, 1.165) is 11.3 Å². The van der Waals surface area contributed by atoms with E-state index in [9.17, 15) is 21.6 Å². The maximum atomic E-state index is 11.9. The van der Waals surface area contributed by atoms with Crippen LogP contribution in [0.4, 0.5) is 13.2 Å². The first-order chi connectivity index (χ1) is 8.65.